The Morgan fingerprint density at radius 2 is 2.12 bits per heavy atom. The third-order valence-electron chi connectivity index (χ3n) is 2.29. The maximum absolute atomic E-state index is 12.8. The molecule has 16 heavy (non-hydrogen) atoms. The summed E-state index contributed by atoms with van der Waals surface area (Å²) in [6.45, 7) is 1.19. The van der Waals surface area contributed by atoms with E-state index in [1.807, 2.05) is 0 Å². The molecule has 0 saturated carbocycles. The zero-order valence-electron chi connectivity index (χ0n) is 8.20. The van der Waals surface area contributed by atoms with Crippen molar-refractivity contribution in [1.82, 2.24) is 10.0 Å². The van der Waals surface area contributed by atoms with Gasteiger partial charge in [0.2, 0.25) is 10.0 Å². The molecule has 0 atom stereocenters. The van der Waals surface area contributed by atoms with Gasteiger partial charge in [0.15, 0.2) is 0 Å². The maximum atomic E-state index is 12.8. The summed E-state index contributed by atoms with van der Waals surface area (Å²) < 4.78 is 38.9. The van der Waals surface area contributed by atoms with Crippen LogP contribution in [0.2, 0.25) is 5.02 Å². The molecule has 0 aromatic heterocycles. The van der Waals surface area contributed by atoms with Crippen molar-refractivity contribution in [3.8, 4) is 0 Å². The first kappa shape index (κ1) is 11.8. The lowest BCUT2D eigenvalue weighted by molar-refractivity contribution is 0.410. The summed E-state index contributed by atoms with van der Waals surface area (Å²) in [7, 11) is -3.66. The summed E-state index contributed by atoms with van der Waals surface area (Å²) in [4.78, 5) is -0.0949. The van der Waals surface area contributed by atoms with Gasteiger partial charge in [0.05, 0.1) is 5.02 Å². The van der Waals surface area contributed by atoms with Gasteiger partial charge >= 0.3 is 0 Å². The number of rotatable bonds is 3. The Morgan fingerprint density at radius 3 is 2.62 bits per heavy atom. The largest absolute Gasteiger partial charge is 0.313 e. The molecule has 0 aliphatic carbocycles. The molecule has 0 unspecified atom stereocenters. The summed E-state index contributed by atoms with van der Waals surface area (Å²) in [5.41, 5.74) is 0. The van der Waals surface area contributed by atoms with Crippen LogP contribution >= 0.6 is 11.6 Å². The second-order valence-corrected chi connectivity index (χ2v) is 5.64. The molecule has 7 heteroatoms. The molecule has 88 valence electrons. The minimum absolute atomic E-state index is 0.0949. The molecule has 1 heterocycles. The molecule has 1 aromatic rings. The summed E-state index contributed by atoms with van der Waals surface area (Å²) in [5.74, 6) is -0.561. The highest BCUT2D eigenvalue weighted by atomic mass is 35.5. The molecule has 0 bridgehead atoms. The SMILES string of the molecule is O=S(=O)(NC1CNC1)c1ccc(F)cc1Cl. The summed E-state index contributed by atoms with van der Waals surface area (Å²) in [5, 5.41) is 2.83. The number of benzene rings is 1. The van der Waals surface area contributed by atoms with Crippen LogP contribution in [0.5, 0.6) is 0 Å². The van der Waals surface area contributed by atoms with E-state index >= 15 is 0 Å². The van der Waals surface area contributed by atoms with E-state index in [-0.39, 0.29) is 16.0 Å². The third-order valence-corrected chi connectivity index (χ3v) is 4.29. The molecule has 2 rings (SSSR count). The molecule has 1 aliphatic heterocycles. The summed E-state index contributed by atoms with van der Waals surface area (Å²) in [6, 6.07) is 3.09. The van der Waals surface area contributed by atoms with Crippen molar-refractivity contribution < 1.29 is 12.8 Å². The van der Waals surface area contributed by atoms with Gasteiger partial charge < -0.3 is 5.32 Å². The van der Waals surface area contributed by atoms with Crippen LogP contribution in [0.3, 0.4) is 0 Å². The van der Waals surface area contributed by atoms with Gasteiger partial charge in [-0.2, -0.15) is 0 Å². The molecule has 0 radical (unpaired) electrons. The van der Waals surface area contributed by atoms with E-state index in [2.05, 4.69) is 10.0 Å². The Kier molecular flexibility index (Phi) is 3.16. The Morgan fingerprint density at radius 1 is 1.44 bits per heavy atom. The quantitative estimate of drug-likeness (QED) is 0.846. The molecule has 4 nitrogen and oxygen atoms in total. The minimum Gasteiger partial charge on any atom is -0.313 e. The van der Waals surface area contributed by atoms with Crippen molar-refractivity contribution in [2.75, 3.05) is 13.1 Å². The Balaban J connectivity index is 2.27. The average molecular weight is 265 g/mol. The summed E-state index contributed by atoms with van der Waals surface area (Å²) >= 11 is 5.68. The fraction of sp³-hybridized carbons (Fsp3) is 0.333. The number of hydrogen-bond donors (Lipinski definition) is 2. The van der Waals surface area contributed by atoms with E-state index in [4.69, 9.17) is 11.6 Å². The van der Waals surface area contributed by atoms with Gasteiger partial charge in [-0.05, 0) is 18.2 Å². The molecule has 1 aliphatic rings. The fourth-order valence-corrected chi connectivity index (χ4v) is 3.12. The minimum atomic E-state index is -3.66. The second kappa shape index (κ2) is 4.29. The zero-order valence-corrected chi connectivity index (χ0v) is 9.78. The van der Waals surface area contributed by atoms with Crippen molar-refractivity contribution in [3.05, 3.63) is 29.0 Å². The molecule has 1 aromatic carbocycles. The lowest BCUT2D eigenvalue weighted by atomic mass is 10.2. The highest BCUT2D eigenvalue weighted by Gasteiger charge is 2.25. The van der Waals surface area contributed by atoms with Crippen LogP contribution in [0.25, 0.3) is 0 Å². The van der Waals surface area contributed by atoms with E-state index in [1.54, 1.807) is 0 Å². The van der Waals surface area contributed by atoms with Crippen LogP contribution in [-0.2, 0) is 10.0 Å². The van der Waals surface area contributed by atoms with Gasteiger partial charge in [-0.3, -0.25) is 0 Å². The van der Waals surface area contributed by atoms with Gasteiger partial charge in [0.25, 0.3) is 0 Å². The van der Waals surface area contributed by atoms with E-state index in [1.165, 1.54) is 0 Å². The average Bonchev–Trinajstić information content (AvgIpc) is 2.11. The zero-order chi connectivity index (χ0) is 11.8. The molecule has 0 amide bonds. The lowest BCUT2D eigenvalue weighted by Gasteiger charge is -2.27. The monoisotopic (exact) mass is 264 g/mol. The normalized spacial score (nSPS) is 17.1. The van der Waals surface area contributed by atoms with E-state index in [0.29, 0.717) is 13.1 Å². The van der Waals surface area contributed by atoms with E-state index < -0.39 is 15.8 Å². The Hall–Kier alpha value is -0.690. The molecular formula is C9H10ClFN2O2S. The van der Waals surface area contributed by atoms with Crippen LogP contribution in [-0.4, -0.2) is 27.5 Å². The highest BCUT2D eigenvalue weighted by molar-refractivity contribution is 7.89. The van der Waals surface area contributed by atoms with Crippen LogP contribution in [0, 0.1) is 5.82 Å². The Labute approximate surface area is 97.8 Å². The van der Waals surface area contributed by atoms with Crippen molar-refractivity contribution in [2.45, 2.75) is 10.9 Å². The van der Waals surface area contributed by atoms with Gasteiger partial charge in [-0.1, -0.05) is 11.6 Å². The van der Waals surface area contributed by atoms with Crippen LogP contribution in [0.1, 0.15) is 0 Å². The Bertz CT molecular complexity index is 502. The molecule has 1 fully saturated rings. The standard InChI is InChI=1S/C9H10ClFN2O2S/c10-8-3-6(11)1-2-9(8)16(14,15)13-7-4-12-5-7/h1-3,7,12-13H,4-5H2. The fourth-order valence-electron chi connectivity index (χ4n) is 1.35. The number of hydrogen-bond acceptors (Lipinski definition) is 3. The topological polar surface area (TPSA) is 58.2 Å². The number of nitrogens with one attached hydrogen (secondary N) is 2. The van der Waals surface area contributed by atoms with Gasteiger partial charge in [-0.25, -0.2) is 17.5 Å². The summed E-state index contributed by atoms with van der Waals surface area (Å²) in [6.07, 6.45) is 0. The molecule has 2 N–H and O–H groups in total. The smallest absolute Gasteiger partial charge is 0.242 e. The van der Waals surface area contributed by atoms with Crippen LogP contribution in [0.4, 0.5) is 4.39 Å². The first-order valence-electron chi connectivity index (χ1n) is 4.67. The predicted molar refractivity (Wildman–Crippen MR) is 58.4 cm³/mol. The van der Waals surface area contributed by atoms with Gasteiger partial charge in [-0.15, -0.1) is 0 Å². The molecular weight excluding hydrogens is 255 g/mol. The van der Waals surface area contributed by atoms with Crippen molar-refractivity contribution in [1.29, 1.82) is 0 Å². The second-order valence-electron chi connectivity index (χ2n) is 3.55. The number of sulfonamides is 1. The molecule has 1 saturated heterocycles. The van der Waals surface area contributed by atoms with Crippen molar-refractivity contribution in [2.24, 2.45) is 0 Å². The first-order valence-corrected chi connectivity index (χ1v) is 6.53. The van der Waals surface area contributed by atoms with E-state index in [9.17, 15) is 12.8 Å². The lowest BCUT2D eigenvalue weighted by Crippen LogP contribution is -2.56. The molecule has 0 spiro atoms. The van der Waals surface area contributed by atoms with E-state index in [0.717, 1.165) is 18.2 Å². The van der Waals surface area contributed by atoms with Gasteiger partial charge in [0, 0.05) is 19.1 Å². The predicted octanol–water partition coefficient (Wildman–Crippen LogP) is 0.729. The van der Waals surface area contributed by atoms with Crippen molar-refractivity contribution in [3.63, 3.8) is 0 Å². The van der Waals surface area contributed by atoms with Crippen LogP contribution < -0.4 is 10.0 Å². The van der Waals surface area contributed by atoms with Crippen molar-refractivity contribution >= 4 is 21.6 Å². The van der Waals surface area contributed by atoms with Gasteiger partial charge in [0.1, 0.15) is 10.7 Å². The highest BCUT2D eigenvalue weighted by Crippen LogP contribution is 2.22. The third kappa shape index (κ3) is 2.35. The maximum Gasteiger partial charge on any atom is 0.242 e. The van der Waals surface area contributed by atoms with Crippen LogP contribution in [0.15, 0.2) is 23.1 Å². The number of halogens is 2. The first-order chi connectivity index (χ1) is 7.49.